The molecule has 2 N–H and O–H groups in total. The summed E-state index contributed by atoms with van der Waals surface area (Å²) in [6.07, 6.45) is 0. The molecule has 3 rings (SSSR count). The quantitative estimate of drug-likeness (QED) is 0.489. The summed E-state index contributed by atoms with van der Waals surface area (Å²) in [5.74, 6) is 1.15. The first-order valence-corrected chi connectivity index (χ1v) is 9.41. The fourth-order valence-corrected chi connectivity index (χ4v) is 3.44. The van der Waals surface area contributed by atoms with Crippen molar-refractivity contribution in [2.75, 3.05) is 20.1 Å². The molecule has 0 radical (unpaired) electrons. The predicted molar refractivity (Wildman–Crippen MR) is 103 cm³/mol. The number of fused-ring (bicyclic) bond motifs is 1. The molecule has 7 nitrogen and oxygen atoms in total. The minimum atomic E-state index is -0.0625. The first-order chi connectivity index (χ1) is 12.6. The standard InChI is InChI=1S/C18H22N6OS/c1-12-10-13(2)24-17(21-12)22-18(23-24)26-11-14-6-4-5-7-15(14)16(25)20-9-8-19-3/h4-7,10,19H,8-9,11H2,1-3H3,(H,20,25). The van der Waals surface area contributed by atoms with Crippen LogP contribution in [0.1, 0.15) is 27.3 Å². The highest BCUT2D eigenvalue weighted by atomic mass is 32.2. The van der Waals surface area contributed by atoms with Crippen molar-refractivity contribution < 1.29 is 4.79 Å². The van der Waals surface area contributed by atoms with Gasteiger partial charge in [-0.25, -0.2) is 9.50 Å². The summed E-state index contributed by atoms with van der Waals surface area (Å²) >= 11 is 1.50. The van der Waals surface area contributed by atoms with Crippen LogP contribution < -0.4 is 10.6 Å². The number of likely N-dealkylation sites (N-methyl/N-ethyl adjacent to an activating group) is 1. The lowest BCUT2D eigenvalue weighted by molar-refractivity contribution is 0.0953. The van der Waals surface area contributed by atoms with Gasteiger partial charge in [-0.15, -0.1) is 5.10 Å². The molecule has 0 aliphatic heterocycles. The van der Waals surface area contributed by atoms with Crippen LogP contribution in [-0.2, 0) is 5.75 Å². The van der Waals surface area contributed by atoms with Gasteiger partial charge in [0.15, 0.2) is 0 Å². The van der Waals surface area contributed by atoms with Crippen LogP contribution in [0.3, 0.4) is 0 Å². The van der Waals surface area contributed by atoms with E-state index in [0.29, 0.717) is 28.8 Å². The molecule has 0 bridgehead atoms. The van der Waals surface area contributed by atoms with Crippen LogP contribution in [0.4, 0.5) is 0 Å². The van der Waals surface area contributed by atoms with Crippen LogP contribution in [0.25, 0.3) is 5.78 Å². The van der Waals surface area contributed by atoms with Gasteiger partial charge in [0, 0.05) is 35.8 Å². The van der Waals surface area contributed by atoms with Crippen LogP contribution in [0.15, 0.2) is 35.5 Å². The summed E-state index contributed by atoms with van der Waals surface area (Å²) in [4.78, 5) is 21.3. The van der Waals surface area contributed by atoms with Gasteiger partial charge >= 0.3 is 0 Å². The van der Waals surface area contributed by atoms with E-state index in [-0.39, 0.29) is 5.91 Å². The average molecular weight is 370 g/mol. The maximum absolute atomic E-state index is 12.4. The van der Waals surface area contributed by atoms with Gasteiger partial charge in [-0.2, -0.15) is 4.98 Å². The SMILES string of the molecule is CNCCNC(=O)c1ccccc1CSc1nc2nc(C)cc(C)n2n1. The number of nitrogens with zero attached hydrogens (tertiary/aromatic N) is 4. The number of carbonyl (C=O) groups excluding carboxylic acids is 1. The highest BCUT2D eigenvalue weighted by Crippen LogP contribution is 2.22. The van der Waals surface area contributed by atoms with Crippen molar-refractivity contribution in [3.63, 3.8) is 0 Å². The molecular formula is C18H22N6OS. The molecule has 8 heteroatoms. The molecule has 2 heterocycles. The summed E-state index contributed by atoms with van der Waals surface area (Å²) in [6.45, 7) is 5.25. The van der Waals surface area contributed by atoms with Crippen molar-refractivity contribution in [2.45, 2.75) is 24.8 Å². The first-order valence-electron chi connectivity index (χ1n) is 8.43. The highest BCUT2D eigenvalue weighted by molar-refractivity contribution is 7.98. The van der Waals surface area contributed by atoms with E-state index >= 15 is 0 Å². The molecule has 1 aromatic carbocycles. The number of carbonyl (C=O) groups is 1. The van der Waals surface area contributed by atoms with Gasteiger partial charge in [0.2, 0.25) is 5.16 Å². The van der Waals surface area contributed by atoms with Crippen molar-refractivity contribution in [2.24, 2.45) is 0 Å². The number of aromatic nitrogens is 4. The zero-order valence-electron chi connectivity index (χ0n) is 15.1. The lowest BCUT2D eigenvalue weighted by Crippen LogP contribution is -2.30. The van der Waals surface area contributed by atoms with Gasteiger partial charge in [-0.1, -0.05) is 30.0 Å². The van der Waals surface area contributed by atoms with E-state index in [1.54, 1.807) is 4.52 Å². The average Bonchev–Trinajstić information content (AvgIpc) is 3.03. The fourth-order valence-electron chi connectivity index (χ4n) is 2.62. The molecule has 0 atom stereocenters. The lowest BCUT2D eigenvalue weighted by atomic mass is 10.1. The summed E-state index contributed by atoms with van der Waals surface area (Å²) < 4.78 is 1.74. The third kappa shape index (κ3) is 4.20. The van der Waals surface area contributed by atoms with E-state index < -0.39 is 0 Å². The molecule has 0 spiro atoms. The summed E-state index contributed by atoms with van der Waals surface area (Å²) in [7, 11) is 1.86. The first kappa shape index (κ1) is 18.3. The van der Waals surface area contributed by atoms with E-state index in [1.807, 2.05) is 51.2 Å². The number of amides is 1. The monoisotopic (exact) mass is 370 g/mol. The number of benzene rings is 1. The molecule has 3 aromatic rings. The van der Waals surface area contributed by atoms with E-state index in [2.05, 4.69) is 25.7 Å². The van der Waals surface area contributed by atoms with E-state index in [1.165, 1.54) is 11.8 Å². The van der Waals surface area contributed by atoms with Crippen LogP contribution >= 0.6 is 11.8 Å². The van der Waals surface area contributed by atoms with Crippen LogP contribution in [0.2, 0.25) is 0 Å². The number of nitrogens with one attached hydrogen (secondary N) is 2. The smallest absolute Gasteiger partial charge is 0.253 e. The molecule has 2 aromatic heterocycles. The van der Waals surface area contributed by atoms with Crippen molar-refractivity contribution in [3.05, 3.63) is 52.8 Å². The Kier molecular flexibility index (Phi) is 5.85. The van der Waals surface area contributed by atoms with Crippen LogP contribution in [-0.4, -0.2) is 45.6 Å². The van der Waals surface area contributed by atoms with Gasteiger partial charge in [0.05, 0.1) is 0 Å². The Hall–Kier alpha value is -2.45. The number of thioether (sulfide) groups is 1. The van der Waals surface area contributed by atoms with Gasteiger partial charge in [-0.3, -0.25) is 4.79 Å². The third-order valence-electron chi connectivity index (χ3n) is 3.88. The number of aryl methyl sites for hydroxylation is 2. The minimum absolute atomic E-state index is 0.0625. The Balaban J connectivity index is 1.74. The van der Waals surface area contributed by atoms with Crippen molar-refractivity contribution in [1.82, 2.24) is 30.2 Å². The third-order valence-corrected chi connectivity index (χ3v) is 4.76. The predicted octanol–water partition coefficient (Wildman–Crippen LogP) is 1.98. The van der Waals surface area contributed by atoms with Gasteiger partial charge in [0.1, 0.15) is 0 Å². The molecule has 0 unspecified atom stereocenters. The Morgan fingerprint density at radius 1 is 1.19 bits per heavy atom. The molecular weight excluding hydrogens is 348 g/mol. The maximum Gasteiger partial charge on any atom is 0.253 e. The molecule has 1 amide bonds. The van der Waals surface area contributed by atoms with Crippen molar-refractivity contribution in [3.8, 4) is 0 Å². The second-order valence-corrected chi connectivity index (χ2v) is 6.89. The molecule has 0 aliphatic rings. The lowest BCUT2D eigenvalue weighted by Gasteiger charge is -2.09. The second-order valence-electron chi connectivity index (χ2n) is 5.95. The van der Waals surface area contributed by atoms with Gasteiger partial charge < -0.3 is 10.6 Å². The van der Waals surface area contributed by atoms with Crippen molar-refractivity contribution >= 4 is 23.4 Å². The largest absolute Gasteiger partial charge is 0.351 e. The number of hydrogen-bond donors (Lipinski definition) is 2. The zero-order valence-corrected chi connectivity index (χ0v) is 15.9. The Labute approximate surface area is 156 Å². The fraction of sp³-hybridized carbons (Fsp3) is 0.333. The number of hydrogen-bond acceptors (Lipinski definition) is 6. The van der Waals surface area contributed by atoms with Gasteiger partial charge in [0.25, 0.3) is 11.7 Å². The van der Waals surface area contributed by atoms with Crippen LogP contribution in [0.5, 0.6) is 0 Å². The molecule has 0 saturated heterocycles. The molecule has 26 heavy (non-hydrogen) atoms. The van der Waals surface area contributed by atoms with Crippen LogP contribution in [0, 0.1) is 13.8 Å². The second kappa shape index (κ2) is 8.29. The Morgan fingerprint density at radius 3 is 2.81 bits per heavy atom. The molecule has 0 aliphatic carbocycles. The topological polar surface area (TPSA) is 84.2 Å². The minimum Gasteiger partial charge on any atom is -0.351 e. The molecule has 136 valence electrons. The normalized spacial score (nSPS) is 11.0. The Morgan fingerprint density at radius 2 is 2.00 bits per heavy atom. The Bertz CT molecular complexity index is 923. The van der Waals surface area contributed by atoms with Gasteiger partial charge in [-0.05, 0) is 38.6 Å². The zero-order chi connectivity index (χ0) is 18.5. The van der Waals surface area contributed by atoms with E-state index in [4.69, 9.17) is 0 Å². The van der Waals surface area contributed by atoms with E-state index in [0.717, 1.165) is 23.5 Å². The molecule has 0 fully saturated rings. The summed E-state index contributed by atoms with van der Waals surface area (Å²) in [5.41, 5.74) is 3.56. The summed E-state index contributed by atoms with van der Waals surface area (Å²) in [6, 6.07) is 9.59. The highest BCUT2D eigenvalue weighted by Gasteiger charge is 2.13. The summed E-state index contributed by atoms with van der Waals surface area (Å²) in [5, 5.41) is 11.1. The molecule has 0 saturated carbocycles. The van der Waals surface area contributed by atoms with E-state index in [9.17, 15) is 4.79 Å². The van der Waals surface area contributed by atoms with Crippen molar-refractivity contribution in [1.29, 1.82) is 0 Å². The number of rotatable bonds is 7. The maximum atomic E-state index is 12.4.